The van der Waals surface area contributed by atoms with Crippen LogP contribution in [0.4, 0.5) is 0 Å². The smallest absolute Gasteiger partial charge is 0.333 e. The third-order valence-electron chi connectivity index (χ3n) is 1.35. The van der Waals surface area contributed by atoms with Gasteiger partial charge in [0.15, 0.2) is 0 Å². The number of methoxy groups -OCH3 is 1. The molecule has 0 aromatic carbocycles. The Bertz CT molecular complexity index is 259. The van der Waals surface area contributed by atoms with Crippen molar-refractivity contribution < 1.29 is 9.53 Å². The molecule has 0 aliphatic carbocycles. The van der Waals surface area contributed by atoms with E-state index in [2.05, 4.69) is 20.1 Å². The fraction of sp³-hybridized carbons (Fsp3) is 0.333. The maximum Gasteiger partial charge on any atom is 0.333 e. The van der Waals surface area contributed by atoms with E-state index in [1.54, 1.807) is 38.4 Å². The second-order valence-corrected chi connectivity index (χ2v) is 2.27. The third kappa shape index (κ3) is 5.82. The molecule has 1 aromatic heterocycles. The molecule has 0 spiro atoms. The van der Waals surface area contributed by atoms with Gasteiger partial charge in [-0.05, 0) is 25.1 Å². The van der Waals surface area contributed by atoms with Crippen molar-refractivity contribution in [3.8, 4) is 0 Å². The van der Waals surface area contributed by atoms with Crippen LogP contribution in [0, 0.1) is 0 Å². The van der Waals surface area contributed by atoms with Crippen LogP contribution in [0.5, 0.6) is 0 Å². The van der Waals surface area contributed by atoms with Crippen molar-refractivity contribution in [2.45, 2.75) is 13.8 Å². The van der Waals surface area contributed by atoms with Crippen LogP contribution in [0.1, 0.15) is 13.8 Å². The second-order valence-electron chi connectivity index (χ2n) is 2.27. The molecule has 14 heavy (non-hydrogen) atoms. The molecule has 0 aliphatic rings. The first-order valence-corrected chi connectivity index (χ1v) is 4.02. The van der Waals surface area contributed by atoms with Gasteiger partial charge in [0.05, 0.1) is 19.5 Å². The molecular formula is C9H13N3O2. The van der Waals surface area contributed by atoms with Crippen LogP contribution in [0.3, 0.4) is 0 Å². The minimum Gasteiger partial charge on any atom is -0.466 e. The Kier molecular flexibility index (Phi) is 6.85. The molecule has 0 radical (unpaired) electrons. The van der Waals surface area contributed by atoms with Crippen LogP contribution in [-0.4, -0.2) is 28.5 Å². The van der Waals surface area contributed by atoms with Crippen LogP contribution in [-0.2, 0) is 9.53 Å². The molecule has 5 nitrogen and oxygen atoms in total. The van der Waals surface area contributed by atoms with Gasteiger partial charge in [-0.3, -0.25) is 0 Å². The topological polar surface area (TPSA) is 65.0 Å². The minimum absolute atomic E-state index is 0.257. The normalized spacial score (nSPS) is 9.79. The fourth-order valence-electron chi connectivity index (χ4n) is 0.484. The molecule has 5 heteroatoms. The first-order valence-electron chi connectivity index (χ1n) is 4.02. The number of esters is 1. The molecular weight excluding hydrogens is 182 g/mol. The molecule has 0 unspecified atom stereocenters. The molecule has 0 N–H and O–H groups in total. The standard InChI is InChI=1S/C6H10O2.C3H3N3/c1-4-5(2)6(7)8-3;1-2-4-6-5-3-1/h4H,1-3H3;1-3H. The lowest BCUT2D eigenvalue weighted by Gasteiger charge is -1.93. The van der Waals surface area contributed by atoms with E-state index in [1.165, 1.54) is 7.11 Å². The second kappa shape index (κ2) is 7.85. The van der Waals surface area contributed by atoms with Crippen molar-refractivity contribution in [1.29, 1.82) is 0 Å². The van der Waals surface area contributed by atoms with E-state index >= 15 is 0 Å². The summed E-state index contributed by atoms with van der Waals surface area (Å²) in [6, 6.07) is 1.72. The predicted octanol–water partition coefficient (Wildman–Crippen LogP) is 0.997. The molecule has 0 aliphatic heterocycles. The van der Waals surface area contributed by atoms with Gasteiger partial charge >= 0.3 is 5.97 Å². The Morgan fingerprint density at radius 2 is 1.93 bits per heavy atom. The van der Waals surface area contributed by atoms with Crippen LogP contribution in [0.25, 0.3) is 0 Å². The Morgan fingerprint density at radius 1 is 1.36 bits per heavy atom. The number of hydrogen-bond acceptors (Lipinski definition) is 5. The van der Waals surface area contributed by atoms with Crippen LogP contribution < -0.4 is 0 Å². The van der Waals surface area contributed by atoms with Crippen molar-refractivity contribution in [1.82, 2.24) is 15.4 Å². The summed E-state index contributed by atoms with van der Waals surface area (Å²) in [5.74, 6) is -0.257. The summed E-state index contributed by atoms with van der Waals surface area (Å²) in [6.07, 6.45) is 4.87. The Hall–Kier alpha value is -1.78. The first-order chi connectivity index (χ1) is 6.72. The Balaban J connectivity index is 0.000000249. The number of carbonyl (C=O) groups excluding carboxylic acids is 1. The lowest BCUT2D eigenvalue weighted by Crippen LogP contribution is -2.00. The molecule has 1 heterocycles. The van der Waals surface area contributed by atoms with Gasteiger partial charge in [0.25, 0.3) is 0 Å². The zero-order valence-electron chi connectivity index (χ0n) is 8.47. The highest BCUT2D eigenvalue weighted by molar-refractivity contribution is 5.87. The molecule has 0 fully saturated rings. The van der Waals surface area contributed by atoms with E-state index in [9.17, 15) is 4.79 Å². The number of carbonyl (C=O) groups is 1. The zero-order valence-corrected chi connectivity index (χ0v) is 8.47. The third-order valence-corrected chi connectivity index (χ3v) is 1.35. The Labute approximate surface area is 82.8 Å². The minimum atomic E-state index is -0.257. The maximum absolute atomic E-state index is 10.5. The van der Waals surface area contributed by atoms with Crippen LogP contribution >= 0.6 is 0 Å². The van der Waals surface area contributed by atoms with Gasteiger partial charge in [0.1, 0.15) is 0 Å². The summed E-state index contributed by atoms with van der Waals surface area (Å²) >= 11 is 0. The average Bonchev–Trinajstić information content (AvgIpc) is 2.30. The van der Waals surface area contributed by atoms with Crippen LogP contribution in [0.2, 0.25) is 0 Å². The lowest BCUT2D eigenvalue weighted by molar-refractivity contribution is -0.136. The van der Waals surface area contributed by atoms with E-state index in [0.29, 0.717) is 5.57 Å². The number of aromatic nitrogens is 3. The van der Waals surface area contributed by atoms with Gasteiger partial charge in [-0.25, -0.2) is 4.79 Å². The lowest BCUT2D eigenvalue weighted by atomic mass is 10.3. The molecule has 0 saturated carbocycles. The molecule has 0 amide bonds. The highest BCUT2D eigenvalue weighted by atomic mass is 16.5. The van der Waals surface area contributed by atoms with E-state index in [1.807, 2.05) is 0 Å². The highest BCUT2D eigenvalue weighted by Crippen LogP contribution is 1.92. The molecule has 1 aromatic rings. The highest BCUT2D eigenvalue weighted by Gasteiger charge is 1.98. The average molecular weight is 195 g/mol. The van der Waals surface area contributed by atoms with Gasteiger partial charge in [-0.2, -0.15) is 0 Å². The SMILES string of the molecule is CC=C(C)C(=O)OC.c1cnnnc1. The van der Waals surface area contributed by atoms with Crippen molar-refractivity contribution in [2.75, 3.05) is 7.11 Å². The molecule has 0 bridgehead atoms. The number of ether oxygens (including phenoxy) is 1. The number of hydrogen-bond donors (Lipinski definition) is 0. The van der Waals surface area contributed by atoms with Crippen molar-refractivity contribution in [3.05, 3.63) is 30.1 Å². The number of nitrogens with zero attached hydrogens (tertiary/aromatic N) is 3. The quantitative estimate of drug-likeness (QED) is 0.494. The largest absolute Gasteiger partial charge is 0.466 e. The first kappa shape index (κ1) is 12.2. The summed E-state index contributed by atoms with van der Waals surface area (Å²) in [6.45, 7) is 3.51. The van der Waals surface area contributed by atoms with Gasteiger partial charge in [0.2, 0.25) is 0 Å². The summed E-state index contributed by atoms with van der Waals surface area (Å²) in [5.41, 5.74) is 0.646. The summed E-state index contributed by atoms with van der Waals surface area (Å²) in [4.78, 5) is 10.5. The zero-order chi connectivity index (χ0) is 10.8. The van der Waals surface area contributed by atoms with E-state index < -0.39 is 0 Å². The fourth-order valence-corrected chi connectivity index (χ4v) is 0.484. The number of rotatable bonds is 1. The maximum atomic E-state index is 10.5. The van der Waals surface area contributed by atoms with Crippen molar-refractivity contribution in [2.24, 2.45) is 0 Å². The molecule has 0 saturated heterocycles. The van der Waals surface area contributed by atoms with Crippen LogP contribution in [0.15, 0.2) is 30.1 Å². The van der Waals surface area contributed by atoms with Gasteiger partial charge in [-0.15, -0.1) is 10.2 Å². The van der Waals surface area contributed by atoms with Gasteiger partial charge in [-0.1, -0.05) is 6.08 Å². The van der Waals surface area contributed by atoms with Gasteiger partial charge in [0, 0.05) is 5.57 Å². The molecule has 0 atom stereocenters. The monoisotopic (exact) mass is 195 g/mol. The summed E-state index contributed by atoms with van der Waals surface area (Å²) in [5, 5.41) is 10.1. The predicted molar refractivity (Wildman–Crippen MR) is 51.3 cm³/mol. The summed E-state index contributed by atoms with van der Waals surface area (Å²) in [7, 11) is 1.37. The van der Waals surface area contributed by atoms with E-state index in [-0.39, 0.29) is 5.97 Å². The van der Waals surface area contributed by atoms with Crippen molar-refractivity contribution >= 4 is 5.97 Å². The summed E-state index contributed by atoms with van der Waals surface area (Å²) < 4.78 is 4.40. The van der Waals surface area contributed by atoms with Crippen molar-refractivity contribution in [3.63, 3.8) is 0 Å². The van der Waals surface area contributed by atoms with Gasteiger partial charge < -0.3 is 4.74 Å². The van der Waals surface area contributed by atoms with E-state index in [0.717, 1.165) is 0 Å². The van der Waals surface area contributed by atoms with E-state index in [4.69, 9.17) is 0 Å². The molecule has 76 valence electrons. The Morgan fingerprint density at radius 3 is 2.07 bits per heavy atom. The molecule has 1 rings (SSSR count). The number of allylic oxidation sites excluding steroid dienone is 1.